The van der Waals surface area contributed by atoms with Gasteiger partial charge in [0.1, 0.15) is 5.69 Å². The lowest BCUT2D eigenvalue weighted by atomic mass is 9.99. The molecule has 0 saturated heterocycles. The molecular formula is C24H22N6O. The predicted octanol–water partition coefficient (Wildman–Crippen LogP) is 4.42. The molecule has 31 heavy (non-hydrogen) atoms. The maximum absolute atomic E-state index is 13.0. The van der Waals surface area contributed by atoms with Crippen LogP contribution in [0, 0.1) is 0 Å². The Balaban J connectivity index is 1.54. The number of nitrogens with one attached hydrogen (secondary N) is 3. The summed E-state index contributed by atoms with van der Waals surface area (Å²) in [4.78, 5) is 22.8. The normalized spacial score (nSPS) is 11.5. The fourth-order valence-electron chi connectivity index (χ4n) is 3.85. The van der Waals surface area contributed by atoms with Crippen molar-refractivity contribution in [1.29, 1.82) is 0 Å². The number of aromatic nitrogens is 4. The lowest BCUT2D eigenvalue weighted by molar-refractivity contribution is 0.102. The van der Waals surface area contributed by atoms with Gasteiger partial charge in [-0.1, -0.05) is 18.2 Å². The molecule has 0 fully saturated rings. The Labute approximate surface area is 179 Å². The van der Waals surface area contributed by atoms with Crippen molar-refractivity contribution in [2.24, 2.45) is 0 Å². The van der Waals surface area contributed by atoms with Gasteiger partial charge >= 0.3 is 0 Å². The summed E-state index contributed by atoms with van der Waals surface area (Å²) in [7, 11) is 3.95. The van der Waals surface area contributed by atoms with Crippen molar-refractivity contribution in [2.45, 2.75) is 6.54 Å². The van der Waals surface area contributed by atoms with E-state index in [0.29, 0.717) is 17.9 Å². The van der Waals surface area contributed by atoms with Crippen LogP contribution in [0.25, 0.3) is 32.9 Å². The molecule has 0 spiro atoms. The smallest absolute Gasteiger partial charge is 0.274 e. The Hall–Kier alpha value is -3.97. The second-order valence-corrected chi connectivity index (χ2v) is 7.81. The number of hydrogen-bond acceptors (Lipinski definition) is 4. The standard InChI is InChI=1S/C24H22N6O/c1-30(2)14-16-5-3-8-21(27-16)24(31)28-22-11-15(12-23-19(22)13-26-29-23)17-6-4-7-20-18(17)9-10-25-20/h3-13,25H,14H2,1-2H3,(H,26,29)(H,28,31). The van der Waals surface area contributed by atoms with Crippen LogP contribution in [-0.4, -0.2) is 45.1 Å². The number of benzene rings is 2. The van der Waals surface area contributed by atoms with E-state index in [4.69, 9.17) is 0 Å². The maximum atomic E-state index is 13.0. The third-order valence-corrected chi connectivity index (χ3v) is 5.23. The Morgan fingerprint density at radius 2 is 1.90 bits per heavy atom. The molecule has 7 heteroatoms. The summed E-state index contributed by atoms with van der Waals surface area (Å²) in [5, 5.41) is 12.2. The van der Waals surface area contributed by atoms with E-state index in [1.165, 1.54) is 0 Å². The summed E-state index contributed by atoms with van der Waals surface area (Å²) in [5.74, 6) is -0.250. The van der Waals surface area contributed by atoms with Gasteiger partial charge < -0.3 is 15.2 Å². The van der Waals surface area contributed by atoms with Gasteiger partial charge in [0.05, 0.1) is 23.1 Å². The van der Waals surface area contributed by atoms with Gasteiger partial charge in [0.15, 0.2) is 0 Å². The lowest BCUT2D eigenvalue weighted by Gasteiger charge is -2.12. The zero-order valence-electron chi connectivity index (χ0n) is 17.3. The highest BCUT2D eigenvalue weighted by Crippen LogP contribution is 2.34. The van der Waals surface area contributed by atoms with Crippen molar-refractivity contribution < 1.29 is 4.79 Å². The van der Waals surface area contributed by atoms with Crippen LogP contribution in [0.1, 0.15) is 16.2 Å². The number of aromatic amines is 2. The van der Waals surface area contributed by atoms with E-state index in [-0.39, 0.29) is 5.91 Å². The zero-order chi connectivity index (χ0) is 21.4. The highest BCUT2D eigenvalue weighted by molar-refractivity contribution is 6.09. The van der Waals surface area contributed by atoms with Crippen molar-refractivity contribution in [2.75, 3.05) is 19.4 Å². The Kier molecular flexibility index (Phi) is 4.72. The van der Waals surface area contributed by atoms with E-state index < -0.39 is 0 Å². The van der Waals surface area contributed by atoms with Crippen LogP contribution in [0.5, 0.6) is 0 Å². The minimum Gasteiger partial charge on any atom is -0.361 e. The van der Waals surface area contributed by atoms with E-state index in [9.17, 15) is 4.79 Å². The summed E-state index contributed by atoms with van der Waals surface area (Å²) < 4.78 is 0. The van der Waals surface area contributed by atoms with Gasteiger partial charge in [0, 0.05) is 29.0 Å². The minimum atomic E-state index is -0.250. The molecule has 7 nitrogen and oxygen atoms in total. The molecule has 0 bridgehead atoms. The van der Waals surface area contributed by atoms with Crippen LogP contribution in [0.4, 0.5) is 5.69 Å². The van der Waals surface area contributed by atoms with Crippen LogP contribution >= 0.6 is 0 Å². The van der Waals surface area contributed by atoms with Gasteiger partial charge in [0.25, 0.3) is 5.91 Å². The van der Waals surface area contributed by atoms with Gasteiger partial charge in [0.2, 0.25) is 0 Å². The van der Waals surface area contributed by atoms with E-state index >= 15 is 0 Å². The first-order chi connectivity index (χ1) is 15.1. The third-order valence-electron chi connectivity index (χ3n) is 5.23. The molecule has 154 valence electrons. The van der Waals surface area contributed by atoms with Crippen LogP contribution < -0.4 is 5.32 Å². The van der Waals surface area contributed by atoms with E-state index in [0.717, 1.165) is 38.6 Å². The molecule has 3 heterocycles. The molecular weight excluding hydrogens is 388 g/mol. The van der Waals surface area contributed by atoms with E-state index in [1.807, 2.05) is 55.5 Å². The summed E-state index contributed by atoms with van der Waals surface area (Å²) in [6.07, 6.45) is 3.65. The molecule has 0 aliphatic rings. The maximum Gasteiger partial charge on any atom is 0.274 e. The molecule has 2 aromatic carbocycles. The van der Waals surface area contributed by atoms with E-state index in [2.05, 4.69) is 43.7 Å². The number of H-pyrrole nitrogens is 2. The number of pyridine rings is 1. The SMILES string of the molecule is CN(C)Cc1cccc(C(=O)Nc2cc(-c3cccc4[nH]ccc34)cc3[nH]ncc23)n1. The third kappa shape index (κ3) is 3.67. The molecule has 0 unspecified atom stereocenters. The number of carbonyl (C=O) groups excluding carboxylic acids is 1. The molecule has 0 atom stereocenters. The summed E-state index contributed by atoms with van der Waals surface area (Å²) in [5.41, 5.74) is 5.92. The van der Waals surface area contributed by atoms with Gasteiger partial charge in [-0.15, -0.1) is 0 Å². The summed E-state index contributed by atoms with van der Waals surface area (Å²) >= 11 is 0. The van der Waals surface area contributed by atoms with Crippen molar-refractivity contribution in [3.05, 3.63) is 78.4 Å². The van der Waals surface area contributed by atoms with Crippen LogP contribution in [0.3, 0.4) is 0 Å². The van der Waals surface area contributed by atoms with Crippen LogP contribution in [0.2, 0.25) is 0 Å². The van der Waals surface area contributed by atoms with Crippen LogP contribution in [0.15, 0.2) is 67.0 Å². The second-order valence-electron chi connectivity index (χ2n) is 7.81. The largest absolute Gasteiger partial charge is 0.361 e. The molecule has 0 aliphatic heterocycles. The average molecular weight is 410 g/mol. The Bertz CT molecular complexity index is 1400. The topological polar surface area (TPSA) is 89.7 Å². The molecule has 3 aromatic heterocycles. The fourth-order valence-corrected chi connectivity index (χ4v) is 3.85. The van der Waals surface area contributed by atoms with Crippen molar-refractivity contribution in [3.8, 4) is 11.1 Å². The van der Waals surface area contributed by atoms with Crippen molar-refractivity contribution >= 4 is 33.4 Å². The summed E-state index contributed by atoms with van der Waals surface area (Å²) in [6, 6.07) is 17.7. The molecule has 0 aliphatic carbocycles. The highest BCUT2D eigenvalue weighted by atomic mass is 16.1. The molecule has 5 rings (SSSR count). The number of carbonyl (C=O) groups is 1. The number of amides is 1. The van der Waals surface area contributed by atoms with Crippen molar-refractivity contribution in [1.82, 2.24) is 25.1 Å². The number of fused-ring (bicyclic) bond motifs is 2. The number of anilines is 1. The fraction of sp³-hybridized carbons (Fsp3) is 0.125. The van der Waals surface area contributed by atoms with Crippen LogP contribution in [-0.2, 0) is 6.54 Å². The first-order valence-electron chi connectivity index (χ1n) is 10.0. The zero-order valence-corrected chi connectivity index (χ0v) is 17.3. The number of rotatable bonds is 5. The molecule has 0 radical (unpaired) electrons. The molecule has 5 aromatic rings. The number of nitrogens with zero attached hydrogens (tertiary/aromatic N) is 3. The Morgan fingerprint density at radius 3 is 2.77 bits per heavy atom. The second kappa shape index (κ2) is 7.70. The predicted molar refractivity (Wildman–Crippen MR) is 123 cm³/mol. The van der Waals surface area contributed by atoms with Gasteiger partial charge in [-0.3, -0.25) is 9.89 Å². The number of hydrogen-bond donors (Lipinski definition) is 3. The summed E-state index contributed by atoms with van der Waals surface area (Å²) in [6.45, 7) is 0.670. The first kappa shape index (κ1) is 19.0. The average Bonchev–Trinajstić information content (AvgIpc) is 3.42. The van der Waals surface area contributed by atoms with Crippen molar-refractivity contribution in [3.63, 3.8) is 0 Å². The highest BCUT2D eigenvalue weighted by Gasteiger charge is 2.14. The van der Waals surface area contributed by atoms with E-state index in [1.54, 1.807) is 12.3 Å². The van der Waals surface area contributed by atoms with Gasteiger partial charge in [-0.05, 0) is 61.6 Å². The quantitative estimate of drug-likeness (QED) is 0.400. The first-order valence-corrected chi connectivity index (χ1v) is 10.0. The van der Waals surface area contributed by atoms with Gasteiger partial charge in [-0.25, -0.2) is 4.98 Å². The Morgan fingerprint density at radius 1 is 1.03 bits per heavy atom. The lowest BCUT2D eigenvalue weighted by Crippen LogP contribution is -2.17. The van der Waals surface area contributed by atoms with Gasteiger partial charge in [-0.2, -0.15) is 5.10 Å². The molecule has 1 amide bonds. The minimum absolute atomic E-state index is 0.250. The molecule has 3 N–H and O–H groups in total. The monoisotopic (exact) mass is 410 g/mol. The molecule has 0 saturated carbocycles.